The number of amides is 1. The van der Waals surface area contributed by atoms with Gasteiger partial charge in [0.25, 0.3) is 0 Å². The van der Waals surface area contributed by atoms with Crippen LogP contribution in [0.2, 0.25) is 0 Å². The number of rotatable bonds is 4. The Labute approximate surface area is 122 Å². The van der Waals surface area contributed by atoms with E-state index in [2.05, 4.69) is 5.32 Å². The molecule has 1 aromatic carbocycles. The molecule has 0 radical (unpaired) electrons. The van der Waals surface area contributed by atoms with Crippen molar-refractivity contribution >= 4 is 17.6 Å². The fourth-order valence-corrected chi connectivity index (χ4v) is 2.71. The third-order valence-corrected chi connectivity index (χ3v) is 3.84. The maximum Gasteiger partial charge on any atom is 0.307 e. The van der Waals surface area contributed by atoms with Crippen molar-refractivity contribution in [1.82, 2.24) is 0 Å². The van der Waals surface area contributed by atoms with Gasteiger partial charge in [-0.15, -0.1) is 0 Å². The van der Waals surface area contributed by atoms with Crippen LogP contribution >= 0.6 is 0 Å². The molecule has 2 rings (SSSR count). The number of ether oxygens (including phenoxy) is 1. The van der Waals surface area contributed by atoms with Crippen LogP contribution in [0.15, 0.2) is 18.2 Å². The third-order valence-electron chi connectivity index (χ3n) is 3.84. The summed E-state index contributed by atoms with van der Waals surface area (Å²) in [5, 5.41) is 11.8. The van der Waals surface area contributed by atoms with Gasteiger partial charge in [-0.25, -0.2) is 4.39 Å². The average Bonchev–Trinajstić information content (AvgIpc) is 2.49. The van der Waals surface area contributed by atoms with Crippen LogP contribution in [0.4, 0.5) is 10.1 Å². The molecular weight excluding hydrogens is 277 g/mol. The van der Waals surface area contributed by atoms with Crippen molar-refractivity contribution in [2.45, 2.75) is 25.7 Å². The van der Waals surface area contributed by atoms with E-state index in [0.717, 1.165) is 12.8 Å². The highest BCUT2D eigenvalue weighted by atomic mass is 19.1. The number of methoxy groups -OCH3 is 1. The predicted octanol–water partition coefficient (Wildman–Crippen LogP) is 2.66. The summed E-state index contributed by atoms with van der Waals surface area (Å²) < 4.78 is 18.2. The molecule has 1 aromatic rings. The van der Waals surface area contributed by atoms with Gasteiger partial charge in [-0.1, -0.05) is 12.8 Å². The molecule has 1 amide bonds. The molecule has 0 heterocycles. The number of hydrogen-bond acceptors (Lipinski definition) is 3. The minimum Gasteiger partial charge on any atom is -0.494 e. The molecule has 1 aliphatic rings. The highest BCUT2D eigenvalue weighted by molar-refractivity contribution is 5.95. The lowest BCUT2D eigenvalue weighted by molar-refractivity contribution is -0.147. The van der Waals surface area contributed by atoms with Gasteiger partial charge in [-0.2, -0.15) is 0 Å². The van der Waals surface area contributed by atoms with Crippen molar-refractivity contribution < 1.29 is 23.8 Å². The van der Waals surface area contributed by atoms with Crippen molar-refractivity contribution in [3.63, 3.8) is 0 Å². The van der Waals surface area contributed by atoms with Gasteiger partial charge in [0.15, 0.2) is 11.6 Å². The average molecular weight is 295 g/mol. The second-order valence-electron chi connectivity index (χ2n) is 5.17. The van der Waals surface area contributed by atoms with Crippen LogP contribution in [0.1, 0.15) is 25.7 Å². The number of nitrogens with one attached hydrogen (secondary N) is 1. The Morgan fingerprint density at radius 1 is 1.29 bits per heavy atom. The maximum atomic E-state index is 13.3. The minimum atomic E-state index is -0.938. The molecule has 0 bridgehead atoms. The zero-order valence-electron chi connectivity index (χ0n) is 11.8. The van der Waals surface area contributed by atoms with Crippen molar-refractivity contribution in [3.8, 4) is 5.75 Å². The first-order chi connectivity index (χ1) is 10.0. The van der Waals surface area contributed by atoms with Gasteiger partial charge < -0.3 is 15.2 Å². The highest BCUT2D eigenvalue weighted by Gasteiger charge is 2.35. The molecule has 5 nitrogen and oxygen atoms in total. The molecule has 114 valence electrons. The lowest BCUT2D eigenvalue weighted by Gasteiger charge is -2.27. The highest BCUT2D eigenvalue weighted by Crippen LogP contribution is 2.31. The second-order valence-corrected chi connectivity index (χ2v) is 5.17. The molecule has 6 heteroatoms. The van der Waals surface area contributed by atoms with E-state index >= 15 is 0 Å². The summed E-state index contributed by atoms with van der Waals surface area (Å²) in [7, 11) is 1.34. The number of anilines is 1. The number of halogens is 1. The number of carbonyl (C=O) groups is 2. The smallest absolute Gasteiger partial charge is 0.307 e. The van der Waals surface area contributed by atoms with Gasteiger partial charge >= 0.3 is 5.97 Å². The zero-order valence-corrected chi connectivity index (χ0v) is 11.8. The Morgan fingerprint density at radius 2 is 1.95 bits per heavy atom. The Hall–Kier alpha value is -2.11. The summed E-state index contributed by atoms with van der Waals surface area (Å²) >= 11 is 0. The normalized spacial score (nSPS) is 21.6. The fourth-order valence-electron chi connectivity index (χ4n) is 2.71. The molecule has 1 aliphatic carbocycles. The number of carboxylic acid groups (broad SMARTS) is 1. The molecule has 21 heavy (non-hydrogen) atoms. The van der Waals surface area contributed by atoms with Crippen molar-refractivity contribution in [2.75, 3.05) is 12.4 Å². The Morgan fingerprint density at radius 3 is 2.57 bits per heavy atom. The number of benzene rings is 1. The zero-order chi connectivity index (χ0) is 15.4. The first-order valence-corrected chi connectivity index (χ1v) is 6.90. The van der Waals surface area contributed by atoms with E-state index in [4.69, 9.17) is 4.74 Å². The van der Waals surface area contributed by atoms with Gasteiger partial charge in [0.2, 0.25) is 5.91 Å². The topological polar surface area (TPSA) is 75.6 Å². The summed E-state index contributed by atoms with van der Waals surface area (Å²) in [6.45, 7) is 0. The van der Waals surface area contributed by atoms with E-state index in [-0.39, 0.29) is 11.7 Å². The van der Waals surface area contributed by atoms with Gasteiger partial charge in [0.05, 0.1) is 18.9 Å². The van der Waals surface area contributed by atoms with E-state index in [1.807, 2.05) is 0 Å². The quantitative estimate of drug-likeness (QED) is 0.895. The van der Waals surface area contributed by atoms with E-state index in [9.17, 15) is 19.1 Å². The lowest BCUT2D eigenvalue weighted by Crippen LogP contribution is -2.36. The maximum absolute atomic E-state index is 13.3. The van der Waals surface area contributed by atoms with Gasteiger partial charge in [-0.3, -0.25) is 9.59 Å². The molecule has 1 saturated carbocycles. The third kappa shape index (κ3) is 3.51. The molecule has 1 fully saturated rings. The summed E-state index contributed by atoms with van der Waals surface area (Å²) in [6.07, 6.45) is 2.74. The van der Waals surface area contributed by atoms with Gasteiger partial charge in [0, 0.05) is 11.8 Å². The first kappa shape index (κ1) is 15.3. The van der Waals surface area contributed by atoms with Gasteiger partial charge in [-0.05, 0) is 25.0 Å². The lowest BCUT2D eigenvalue weighted by atomic mass is 9.78. The van der Waals surface area contributed by atoms with E-state index in [1.54, 1.807) is 0 Å². The largest absolute Gasteiger partial charge is 0.494 e. The summed E-state index contributed by atoms with van der Waals surface area (Å²) in [4.78, 5) is 23.5. The molecule has 0 saturated heterocycles. The summed E-state index contributed by atoms with van der Waals surface area (Å²) in [6, 6.07) is 4.00. The molecule has 2 N–H and O–H groups in total. The number of carboxylic acids is 1. The van der Waals surface area contributed by atoms with Crippen LogP contribution in [-0.2, 0) is 9.59 Å². The van der Waals surface area contributed by atoms with Crippen LogP contribution in [-0.4, -0.2) is 24.1 Å². The van der Waals surface area contributed by atoms with E-state index in [1.165, 1.54) is 25.3 Å². The monoisotopic (exact) mass is 295 g/mol. The van der Waals surface area contributed by atoms with Crippen LogP contribution in [0.25, 0.3) is 0 Å². The number of carbonyl (C=O) groups excluding carboxylic acids is 1. The summed E-state index contributed by atoms with van der Waals surface area (Å²) in [5.41, 5.74) is 0.396. The number of hydrogen-bond donors (Lipinski definition) is 2. The minimum absolute atomic E-state index is 0.0335. The Balaban J connectivity index is 2.11. The van der Waals surface area contributed by atoms with E-state index in [0.29, 0.717) is 18.5 Å². The molecule has 0 aliphatic heterocycles. The molecule has 0 aromatic heterocycles. The van der Waals surface area contributed by atoms with Crippen LogP contribution in [0.5, 0.6) is 5.75 Å². The van der Waals surface area contributed by atoms with Crippen LogP contribution in [0.3, 0.4) is 0 Å². The molecular formula is C15H18FNO4. The fraction of sp³-hybridized carbons (Fsp3) is 0.467. The first-order valence-electron chi connectivity index (χ1n) is 6.90. The molecule has 0 spiro atoms. The van der Waals surface area contributed by atoms with Crippen LogP contribution < -0.4 is 10.1 Å². The van der Waals surface area contributed by atoms with Crippen molar-refractivity contribution in [1.29, 1.82) is 0 Å². The number of aliphatic carboxylic acids is 1. The predicted molar refractivity (Wildman–Crippen MR) is 74.7 cm³/mol. The Bertz CT molecular complexity index is 546. The molecule has 0 unspecified atom stereocenters. The van der Waals surface area contributed by atoms with Crippen LogP contribution in [0, 0.1) is 17.7 Å². The van der Waals surface area contributed by atoms with Crippen molar-refractivity contribution in [3.05, 3.63) is 24.0 Å². The molecule has 2 atom stereocenters. The SMILES string of the molecule is COc1cc(NC(=O)[C@@H]2CCCC[C@@H]2C(=O)O)ccc1F. The summed E-state index contributed by atoms with van der Waals surface area (Å²) in [5.74, 6) is -2.96. The standard InChI is InChI=1S/C15H18FNO4/c1-21-13-8-9(6-7-12(13)16)17-14(18)10-4-2-3-5-11(10)15(19)20/h6-8,10-11H,2-5H2,1H3,(H,17,18)(H,19,20)/t10-,11+/m1/s1. The van der Waals surface area contributed by atoms with Crippen molar-refractivity contribution in [2.24, 2.45) is 11.8 Å². The Kier molecular flexibility index (Phi) is 4.77. The second kappa shape index (κ2) is 6.56. The van der Waals surface area contributed by atoms with E-state index < -0.39 is 23.6 Å². The van der Waals surface area contributed by atoms with Gasteiger partial charge in [0.1, 0.15) is 0 Å².